The number of carbonyl (C=O) groups excluding carboxylic acids is 1. The largest absolute Gasteiger partial charge is 0.371 e. The molecule has 0 aliphatic carbocycles. The van der Waals surface area contributed by atoms with Crippen LogP contribution in [0.2, 0.25) is 0 Å². The van der Waals surface area contributed by atoms with Crippen LogP contribution in [0.5, 0.6) is 0 Å². The highest BCUT2D eigenvalue weighted by Crippen LogP contribution is 2.29. The van der Waals surface area contributed by atoms with E-state index in [2.05, 4.69) is 39.7 Å². The molecule has 0 saturated carbocycles. The van der Waals surface area contributed by atoms with E-state index in [0.717, 1.165) is 49.0 Å². The lowest BCUT2D eigenvalue weighted by Crippen LogP contribution is -2.43. The number of allylic oxidation sites excluding steroid dienone is 1. The van der Waals surface area contributed by atoms with E-state index in [0.29, 0.717) is 30.9 Å². The quantitative estimate of drug-likeness (QED) is 0.529. The summed E-state index contributed by atoms with van der Waals surface area (Å²) in [6, 6.07) is 5.55. The Labute approximate surface area is 195 Å². The van der Waals surface area contributed by atoms with Crippen LogP contribution in [-0.2, 0) is 11.2 Å². The lowest BCUT2D eigenvalue weighted by Gasteiger charge is -2.33. The van der Waals surface area contributed by atoms with Crippen LogP contribution in [0.15, 0.2) is 42.2 Å². The highest BCUT2D eigenvalue weighted by molar-refractivity contribution is 5.89. The number of hydrogen-bond donors (Lipinski definition) is 3. The average molecular weight is 452 g/mol. The second-order valence-electron chi connectivity index (χ2n) is 8.99. The predicted molar refractivity (Wildman–Crippen MR) is 130 cm³/mol. The SMILES string of the molecule is C/C(=C\CNC(=O)Nc1ccncc1)Cc1nc(NC(C)C)cc(N2CC3CCC(C2)O3)n1. The molecule has 176 valence electrons. The van der Waals surface area contributed by atoms with Gasteiger partial charge in [-0.1, -0.05) is 11.6 Å². The molecular formula is C24H33N7O2. The second-order valence-corrected chi connectivity index (χ2v) is 8.99. The van der Waals surface area contributed by atoms with Gasteiger partial charge in [-0.2, -0.15) is 0 Å². The van der Waals surface area contributed by atoms with Gasteiger partial charge in [0.05, 0.1) is 12.2 Å². The molecule has 2 aliphatic heterocycles. The van der Waals surface area contributed by atoms with Gasteiger partial charge in [0.1, 0.15) is 17.5 Å². The van der Waals surface area contributed by atoms with Crippen molar-refractivity contribution >= 4 is 23.4 Å². The summed E-state index contributed by atoms with van der Waals surface area (Å²) in [4.78, 5) is 27.9. The van der Waals surface area contributed by atoms with Gasteiger partial charge in [-0.15, -0.1) is 0 Å². The second kappa shape index (κ2) is 10.6. The summed E-state index contributed by atoms with van der Waals surface area (Å²) in [6.07, 6.45) is 8.73. The molecule has 2 bridgehead atoms. The molecule has 2 aliphatic rings. The lowest BCUT2D eigenvalue weighted by atomic mass is 10.2. The summed E-state index contributed by atoms with van der Waals surface area (Å²) in [6.45, 7) is 8.41. The number of morpholine rings is 1. The molecule has 9 heteroatoms. The van der Waals surface area contributed by atoms with Crippen LogP contribution >= 0.6 is 0 Å². The van der Waals surface area contributed by atoms with Gasteiger partial charge in [0.2, 0.25) is 0 Å². The Balaban J connectivity index is 1.38. The van der Waals surface area contributed by atoms with Crippen molar-refractivity contribution in [1.29, 1.82) is 0 Å². The van der Waals surface area contributed by atoms with Gasteiger partial charge in [-0.3, -0.25) is 4.98 Å². The number of hydrogen-bond acceptors (Lipinski definition) is 7. The van der Waals surface area contributed by atoms with Crippen molar-refractivity contribution in [2.75, 3.05) is 35.2 Å². The Hall–Kier alpha value is -3.20. The number of fused-ring (bicyclic) bond motifs is 2. The van der Waals surface area contributed by atoms with Crippen molar-refractivity contribution in [1.82, 2.24) is 20.3 Å². The molecule has 2 aromatic rings. The summed E-state index contributed by atoms with van der Waals surface area (Å²) in [5, 5.41) is 9.04. The number of ether oxygens (including phenoxy) is 1. The maximum absolute atomic E-state index is 12.1. The monoisotopic (exact) mass is 451 g/mol. The number of aromatic nitrogens is 3. The molecule has 2 fully saturated rings. The summed E-state index contributed by atoms with van der Waals surface area (Å²) in [7, 11) is 0. The molecule has 3 N–H and O–H groups in total. The first-order valence-corrected chi connectivity index (χ1v) is 11.6. The predicted octanol–water partition coefficient (Wildman–Crippen LogP) is 3.37. The van der Waals surface area contributed by atoms with Gasteiger partial charge in [-0.05, 0) is 45.7 Å². The number of anilines is 3. The number of rotatable bonds is 8. The molecule has 0 radical (unpaired) electrons. The number of pyridine rings is 1. The van der Waals surface area contributed by atoms with Crippen molar-refractivity contribution in [2.45, 2.75) is 58.3 Å². The van der Waals surface area contributed by atoms with E-state index in [-0.39, 0.29) is 12.1 Å². The Morgan fingerprint density at radius 1 is 1.21 bits per heavy atom. The maximum atomic E-state index is 12.1. The molecule has 2 amide bonds. The van der Waals surface area contributed by atoms with E-state index in [9.17, 15) is 4.79 Å². The highest BCUT2D eigenvalue weighted by Gasteiger charge is 2.34. The van der Waals surface area contributed by atoms with Crippen molar-refractivity contribution < 1.29 is 9.53 Å². The molecule has 0 aromatic carbocycles. The van der Waals surface area contributed by atoms with Crippen LogP contribution in [0.3, 0.4) is 0 Å². The van der Waals surface area contributed by atoms with E-state index in [1.807, 2.05) is 19.1 Å². The molecule has 2 aromatic heterocycles. The Bertz CT molecular complexity index is 968. The lowest BCUT2D eigenvalue weighted by molar-refractivity contribution is 0.0302. The van der Waals surface area contributed by atoms with E-state index in [4.69, 9.17) is 14.7 Å². The zero-order valence-corrected chi connectivity index (χ0v) is 19.5. The van der Waals surface area contributed by atoms with E-state index in [1.54, 1.807) is 24.5 Å². The first-order valence-electron chi connectivity index (χ1n) is 11.6. The van der Waals surface area contributed by atoms with E-state index >= 15 is 0 Å². The van der Waals surface area contributed by atoms with Crippen molar-refractivity contribution in [3.63, 3.8) is 0 Å². The van der Waals surface area contributed by atoms with Crippen molar-refractivity contribution in [3.8, 4) is 0 Å². The molecule has 33 heavy (non-hydrogen) atoms. The van der Waals surface area contributed by atoms with Crippen LogP contribution in [0.25, 0.3) is 0 Å². The van der Waals surface area contributed by atoms with Crippen LogP contribution in [0, 0.1) is 0 Å². The third-order valence-electron chi connectivity index (χ3n) is 5.65. The first kappa shape index (κ1) is 23.0. The molecule has 2 unspecified atom stereocenters. The summed E-state index contributed by atoms with van der Waals surface area (Å²) in [5.74, 6) is 2.56. The van der Waals surface area contributed by atoms with Crippen LogP contribution in [0.1, 0.15) is 39.4 Å². The van der Waals surface area contributed by atoms with Crippen LogP contribution in [-0.4, -0.2) is 58.9 Å². The van der Waals surface area contributed by atoms with Crippen LogP contribution < -0.4 is 20.9 Å². The van der Waals surface area contributed by atoms with Crippen LogP contribution in [0.4, 0.5) is 22.1 Å². The van der Waals surface area contributed by atoms with Gasteiger partial charge in [0.15, 0.2) is 0 Å². The zero-order valence-electron chi connectivity index (χ0n) is 19.5. The topological polar surface area (TPSA) is 104 Å². The van der Waals surface area contributed by atoms with Crippen molar-refractivity contribution in [3.05, 3.63) is 48.1 Å². The van der Waals surface area contributed by atoms with E-state index < -0.39 is 0 Å². The third kappa shape index (κ3) is 6.64. The summed E-state index contributed by atoms with van der Waals surface area (Å²) in [5.41, 5.74) is 1.80. The smallest absolute Gasteiger partial charge is 0.319 e. The zero-order chi connectivity index (χ0) is 23.2. The number of amides is 2. The first-order chi connectivity index (χ1) is 15.9. The molecule has 4 heterocycles. The third-order valence-corrected chi connectivity index (χ3v) is 5.65. The van der Waals surface area contributed by atoms with Gasteiger partial charge in [0, 0.05) is 56.2 Å². The normalized spacial score (nSPS) is 20.1. The number of urea groups is 1. The summed E-state index contributed by atoms with van der Waals surface area (Å²) < 4.78 is 5.99. The highest BCUT2D eigenvalue weighted by atomic mass is 16.5. The fraction of sp³-hybridized carbons (Fsp3) is 0.500. The fourth-order valence-electron chi connectivity index (χ4n) is 4.15. The fourth-order valence-corrected chi connectivity index (χ4v) is 4.15. The Morgan fingerprint density at radius 3 is 2.64 bits per heavy atom. The number of carbonyl (C=O) groups is 1. The maximum Gasteiger partial charge on any atom is 0.319 e. The number of nitrogens with one attached hydrogen (secondary N) is 3. The van der Waals surface area contributed by atoms with Gasteiger partial charge in [-0.25, -0.2) is 14.8 Å². The molecule has 9 nitrogen and oxygen atoms in total. The minimum absolute atomic E-state index is 0.256. The van der Waals surface area contributed by atoms with Gasteiger partial charge in [0.25, 0.3) is 0 Å². The molecular weight excluding hydrogens is 418 g/mol. The standard InChI is InChI=1S/C24H33N7O2/c1-16(2)27-22-13-23(31-14-19-4-5-20(15-31)33-19)30-21(29-22)12-17(3)6-11-26-24(32)28-18-7-9-25-10-8-18/h6-10,13,16,19-20H,4-5,11-12,14-15H2,1-3H3,(H,27,29,30)(H2,25,26,28,32)/b17-6+. The summed E-state index contributed by atoms with van der Waals surface area (Å²) >= 11 is 0. The minimum Gasteiger partial charge on any atom is -0.371 e. The number of nitrogens with zero attached hydrogens (tertiary/aromatic N) is 4. The van der Waals surface area contributed by atoms with Crippen molar-refractivity contribution in [2.24, 2.45) is 0 Å². The van der Waals surface area contributed by atoms with Gasteiger partial charge < -0.3 is 25.6 Å². The molecule has 0 spiro atoms. The molecule has 4 rings (SSSR count). The van der Waals surface area contributed by atoms with E-state index in [1.165, 1.54) is 0 Å². The average Bonchev–Trinajstić information content (AvgIpc) is 3.11. The minimum atomic E-state index is -0.256. The van der Waals surface area contributed by atoms with Gasteiger partial charge >= 0.3 is 6.03 Å². The molecule has 2 atom stereocenters. The molecule has 2 saturated heterocycles. The Kier molecular flexibility index (Phi) is 7.39. The Morgan fingerprint density at radius 2 is 1.94 bits per heavy atom.